The summed E-state index contributed by atoms with van der Waals surface area (Å²) in [6, 6.07) is 12.3. The summed E-state index contributed by atoms with van der Waals surface area (Å²) in [6.45, 7) is 5.33. The molecule has 0 radical (unpaired) electrons. The van der Waals surface area contributed by atoms with Crippen LogP contribution in [0.5, 0.6) is 11.5 Å². The van der Waals surface area contributed by atoms with E-state index >= 15 is 0 Å². The summed E-state index contributed by atoms with van der Waals surface area (Å²) in [7, 11) is 1.63. The summed E-state index contributed by atoms with van der Waals surface area (Å²) in [5.41, 5.74) is 1.59. The molecule has 0 bridgehead atoms. The van der Waals surface area contributed by atoms with Gasteiger partial charge in [-0.3, -0.25) is 5.32 Å². The summed E-state index contributed by atoms with van der Waals surface area (Å²) in [6.07, 6.45) is 6.58. The summed E-state index contributed by atoms with van der Waals surface area (Å²) in [5, 5.41) is 16.3. The van der Waals surface area contributed by atoms with Crippen molar-refractivity contribution in [3.8, 4) is 22.8 Å². The minimum Gasteiger partial charge on any atom is -0.496 e. The lowest BCUT2D eigenvalue weighted by atomic mass is 9.98. The Morgan fingerprint density at radius 1 is 1.19 bits per heavy atom. The van der Waals surface area contributed by atoms with Crippen LogP contribution >= 0.6 is 0 Å². The Kier molecular flexibility index (Phi) is 7.81. The van der Waals surface area contributed by atoms with E-state index in [1.165, 1.54) is 18.5 Å². The normalized spacial score (nSPS) is 18.0. The van der Waals surface area contributed by atoms with E-state index in [0.717, 1.165) is 30.5 Å². The van der Waals surface area contributed by atoms with E-state index in [-0.39, 0.29) is 11.1 Å². The lowest BCUT2D eigenvalue weighted by molar-refractivity contribution is -0.0971. The minimum atomic E-state index is -0.956. The molecular formula is C27H33N3O6. The Bertz CT molecular complexity index is 1140. The number of benzene rings is 2. The monoisotopic (exact) mass is 495 g/mol. The smallest absolute Gasteiger partial charge is 0.335 e. The summed E-state index contributed by atoms with van der Waals surface area (Å²) < 4.78 is 23.2. The fourth-order valence-corrected chi connectivity index (χ4v) is 4.30. The van der Waals surface area contributed by atoms with Gasteiger partial charge in [0.15, 0.2) is 18.0 Å². The number of aromatic nitrogens is 1. The highest BCUT2D eigenvalue weighted by Gasteiger charge is 2.38. The Morgan fingerprint density at radius 2 is 2.00 bits per heavy atom. The van der Waals surface area contributed by atoms with Gasteiger partial charge in [0.05, 0.1) is 37.6 Å². The van der Waals surface area contributed by atoms with Crippen LogP contribution in [-0.4, -0.2) is 47.8 Å². The van der Waals surface area contributed by atoms with E-state index in [2.05, 4.69) is 29.5 Å². The Hall–Kier alpha value is -3.56. The number of methoxy groups -OCH3 is 1. The number of hydrogen-bond acceptors (Lipinski definition) is 8. The Morgan fingerprint density at radius 3 is 2.64 bits per heavy atom. The highest BCUT2D eigenvalue weighted by atomic mass is 16.5. The second kappa shape index (κ2) is 11.0. The molecule has 9 nitrogen and oxygen atoms in total. The molecule has 4 rings (SSSR count). The zero-order chi connectivity index (χ0) is 25.6. The van der Waals surface area contributed by atoms with Crippen LogP contribution in [0.15, 0.2) is 59.5 Å². The van der Waals surface area contributed by atoms with E-state index in [1.807, 2.05) is 18.2 Å². The van der Waals surface area contributed by atoms with E-state index in [9.17, 15) is 4.79 Å². The van der Waals surface area contributed by atoms with Crippen molar-refractivity contribution in [3.63, 3.8) is 0 Å². The largest absolute Gasteiger partial charge is 0.496 e. The van der Waals surface area contributed by atoms with Crippen LogP contribution in [0.4, 0.5) is 5.69 Å². The zero-order valence-corrected chi connectivity index (χ0v) is 20.9. The number of ether oxygens (including phenoxy) is 3. The van der Waals surface area contributed by atoms with E-state index in [4.69, 9.17) is 23.7 Å². The number of rotatable bonds is 11. The Labute approximate surface area is 210 Å². The van der Waals surface area contributed by atoms with Gasteiger partial charge in [-0.25, -0.2) is 9.78 Å². The third-order valence-corrected chi connectivity index (χ3v) is 6.15. The van der Waals surface area contributed by atoms with Crippen molar-refractivity contribution in [2.45, 2.75) is 50.9 Å². The lowest BCUT2D eigenvalue weighted by Gasteiger charge is -2.44. The molecule has 9 heteroatoms. The maximum atomic E-state index is 11.0. The van der Waals surface area contributed by atoms with E-state index in [0.29, 0.717) is 36.9 Å². The third-order valence-electron chi connectivity index (χ3n) is 6.15. The number of anilines is 1. The molecule has 0 saturated carbocycles. The van der Waals surface area contributed by atoms with Crippen molar-refractivity contribution >= 4 is 11.7 Å². The van der Waals surface area contributed by atoms with Gasteiger partial charge in [0.1, 0.15) is 11.5 Å². The lowest BCUT2D eigenvalue weighted by Crippen LogP contribution is -2.62. The number of nitrogens with zero attached hydrogens (tertiary/aromatic N) is 1. The van der Waals surface area contributed by atoms with E-state index < -0.39 is 11.8 Å². The van der Waals surface area contributed by atoms with Gasteiger partial charge in [0.2, 0.25) is 0 Å². The van der Waals surface area contributed by atoms with Crippen molar-refractivity contribution < 1.29 is 28.5 Å². The van der Waals surface area contributed by atoms with Gasteiger partial charge in [-0.05, 0) is 69.5 Å². The SMILES string of the molecule is COc1cc(NC2(NC(C)(C)CCOc3ccc(C(=O)O)cc3)CCCCO2)ccc1-c1cnco1. The second-order valence-corrected chi connectivity index (χ2v) is 9.48. The highest BCUT2D eigenvalue weighted by Crippen LogP contribution is 2.35. The molecule has 1 aromatic heterocycles. The van der Waals surface area contributed by atoms with Gasteiger partial charge in [-0.2, -0.15) is 0 Å². The van der Waals surface area contributed by atoms with Crippen molar-refractivity contribution in [3.05, 3.63) is 60.6 Å². The van der Waals surface area contributed by atoms with Crippen LogP contribution in [0.3, 0.4) is 0 Å². The predicted octanol–water partition coefficient (Wildman–Crippen LogP) is 5.15. The maximum Gasteiger partial charge on any atom is 0.335 e. The molecule has 0 amide bonds. The molecule has 1 saturated heterocycles. The highest BCUT2D eigenvalue weighted by molar-refractivity contribution is 5.87. The molecule has 192 valence electrons. The van der Waals surface area contributed by atoms with Gasteiger partial charge < -0.3 is 29.1 Å². The van der Waals surface area contributed by atoms with Gasteiger partial charge in [0.25, 0.3) is 0 Å². The molecule has 2 aromatic carbocycles. The number of oxazole rings is 1. The first-order valence-corrected chi connectivity index (χ1v) is 12.0. The summed E-state index contributed by atoms with van der Waals surface area (Å²) >= 11 is 0. The maximum absolute atomic E-state index is 11.0. The quantitative estimate of drug-likeness (QED) is 0.311. The molecule has 3 aromatic rings. The molecule has 1 aliphatic rings. The van der Waals surface area contributed by atoms with Crippen molar-refractivity contribution in [1.82, 2.24) is 10.3 Å². The first-order valence-electron chi connectivity index (χ1n) is 12.0. The van der Waals surface area contributed by atoms with Gasteiger partial charge >= 0.3 is 5.97 Å². The van der Waals surface area contributed by atoms with Gasteiger partial charge in [-0.15, -0.1) is 0 Å². The molecular weight excluding hydrogens is 462 g/mol. The molecule has 2 heterocycles. The Balaban J connectivity index is 1.43. The molecule has 1 atom stereocenters. The van der Waals surface area contributed by atoms with Gasteiger partial charge in [-0.1, -0.05) is 0 Å². The van der Waals surface area contributed by atoms with Crippen molar-refractivity contribution in [2.24, 2.45) is 0 Å². The van der Waals surface area contributed by atoms with Crippen LogP contribution in [-0.2, 0) is 4.74 Å². The zero-order valence-electron chi connectivity index (χ0n) is 20.9. The summed E-state index contributed by atoms with van der Waals surface area (Å²) in [4.78, 5) is 15.0. The molecule has 0 aliphatic carbocycles. The average Bonchev–Trinajstić information content (AvgIpc) is 3.39. The first kappa shape index (κ1) is 25.5. The number of hydrogen-bond donors (Lipinski definition) is 3. The van der Waals surface area contributed by atoms with Gasteiger partial charge in [0, 0.05) is 23.7 Å². The standard InChI is InChI=1S/C27H33N3O6/c1-26(2,13-15-34-21-9-6-19(7-10-21)25(31)32)30-27(12-4-5-14-36-27)29-20-8-11-22(23(16-20)33-3)24-17-28-18-35-24/h6-11,16-18,29-30H,4-5,12-15H2,1-3H3,(H,31,32). The first-order chi connectivity index (χ1) is 17.3. The van der Waals surface area contributed by atoms with Crippen LogP contribution in [0.2, 0.25) is 0 Å². The van der Waals surface area contributed by atoms with Crippen LogP contribution < -0.4 is 20.1 Å². The third kappa shape index (κ3) is 6.35. The predicted molar refractivity (Wildman–Crippen MR) is 135 cm³/mol. The van der Waals surface area contributed by atoms with Crippen molar-refractivity contribution in [2.75, 3.05) is 25.6 Å². The fourth-order valence-electron chi connectivity index (χ4n) is 4.30. The topological polar surface area (TPSA) is 115 Å². The molecule has 36 heavy (non-hydrogen) atoms. The average molecular weight is 496 g/mol. The van der Waals surface area contributed by atoms with Crippen molar-refractivity contribution in [1.29, 1.82) is 0 Å². The molecule has 1 fully saturated rings. The molecule has 1 aliphatic heterocycles. The van der Waals surface area contributed by atoms with Crippen LogP contribution in [0.1, 0.15) is 49.9 Å². The minimum absolute atomic E-state index is 0.234. The molecule has 1 unspecified atom stereocenters. The van der Waals surface area contributed by atoms with Crippen LogP contribution in [0.25, 0.3) is 11.3 Å². The number of carbonyl (C=O) groups is 1. The van der Waals surface area contributed by atoms with E-state index in [1.54, 1.807) is 25.4 Å². The second-order valence-electron chi connectivity index (χ2n) is 9.48. The number of carboxylic acids is 1. The van der Waals surface area contributed by atoms with Crippen LogP contribution in [0, 0.1) is 0 Å². The fraction of sp³-hybridized carbons (Fsp3) is 0.407. The number of carboxylic acid groups (broad SMARTS) is 1. The molecule has 3 N–H and O–H groups in total. The number of nitrogens with one attached hydrogen (secondary N) is 2. The summed E-state index contributed by atoms with van der Waals surface area (Å²) in [5.74, 6) is 0.242. The number of aromatic carboxylic acids is 1. The molecule has 0 spiro atoms.